The first-order valence-electron chi connectivity index (χ1n) is 23.9. The lowest BCUT2D eigenvalue weighted by atomic mass is 9.99. The van der Waals surface area contributed by atoms with Gasteiger partial charge in [0.2, 0.25) is 0 Å². The van der Waals surface area contributed by atoms with Crippen LogP contribution in [-0.2, 0) is 0 Å². The van der Waals surface area contributed by atoms with Crippen molar-refractivity contribution >= 4 is 64.2 Å². The zero-order valence-corrected chi connectivity index (χ0v) is 32.3. The molecule has 4 nitrogen and oxygen atoms in total. The molecule has 0 atom stereocenters. The van der Waals surface area contributed by atoms with E-state index < -0.39 is 24.2 Å². The van der Waals surface area contributed by atoms with E-state index in [0.29, 0.717) is 39.7 Å². The summed E-state index contributed by atoms with van der Waals surface area (Å²) in [5.41, 5.74) is 8.19. The third kappa shape index (κ3) is 5.86. The lowest BCUT2D eigenvalue weighted by Gasteiger charge is -2.11. The van der Waals surface area contributed by atoms with Crippen LogP contribution in [0.15, 0.2) is 204 Å². The van der Waals surface area contributed by atoms with E-state index in [0.717, 1.165) is 55.5 Å². The highest BCUT2D eigenvalue weighted by Crippen LogP contribution is 2.41. The highest BCUT2D eigenvalue weighted by molar-refractivity contribution is 7.26. The molecule has 3 aromatic heterocycles. The van der Waals surface area contributed by atoms with Crippen LogP contribution in [0, 0.1) is 0 Å². The number of thiophene rings is 1. The average molecular weight is 793 g/mol. The molecule has 280 valence electrons. The second kappa shape index (κ2) is 14.0. The summed E-state index contributed by atoms with van der Waals surface area (Å²) in [6.45, 7) is 0. The fraction of sp³-hybridized carbons (Fsp3) is 0. The molecular weight excluding hydrogens is 751 g/mol. The van der Waals surface area contributed by atoms with E-state index in [2.05, 4.69) is 18.2 Å². The first-order chi connectivity index (χ1) is 33.5. The third-order valence-electron chi connectivity index (χ3n) is 10.8. The monoisotopic (exact) mass is 792 g/mol. The number of hydrogen-bond acceptors (Lipinski definition) is 5. The molecular formula is C55H33N3OS. The SMILES string of the molecule is [2H]c1c([2H])c([2H])c2c(c1[2H])c([2H])c([2H])c1c2sc2c([2H])c(-c3cccc(-c4nc(-c5cccc(-c6ccccc6)c5)nc(-c5ccc6c(c5)oc5cccc(-c7ccccc7)c56)n4)c3)c([2H])c([2H])c21. The van der Waals surface area contributed by atoms with Gasteiger partial charge in [-0.15, -0.1) is 11.3 Å². The summed E-state index contributed by atoms with van der Waals surface area (Å²) < 4.78 is 87.1. The van der Waals surface area contributed by atoms with E-state index >= 15 is 0 Å². The molecule has 12 rings (SSSR count). The normalized spacial score (nSPS) is 13.8. The Kier molecular flexibility index (Phi) is 6.13. The zero-order valence-electron chi connectivity index (χ0n) is 40.5. The summed E-state index contributed by atoms with van der Waals surface area (Å²) in [5, 5.41) is 2.15. The van der Waals surface area contributed by atoms with Crippen LogP contribution in [0.3, 0.4) is 0 Å². The maximum Gasteiger partial charge on any atom is 0.164 e. The van der Waals surface area contributed by atoms with Crippen molar-refractivity contribution in [3.05, 3.63) is 200 Å². The van der Waals surface area contributed by atoms with Gasteiger partial charge in [-0.25, -0.2) is 15.0 Å². The van der Waals surface area contributed by atoms with Gasteiger partial charge in [0.25, 0.3) is 0 Å². The number of benzene rings is 9. The Morgan fingerprint density at radius 1 is 0.417 bits per heavy atom. The summed E-state index contributed by atoms with van der Waals surface area (Å²) in [7, 11) is 0. The Morgan fingerprint density at radius 2 is 1.03 bits per heavy atom. The van der Waals surface area contributed by atoms with E-state index in [1.165, 1.54) is 0 Å². The average Bonchev–Trinajstić information content (AvgIpc) is 3.98. The molecule has 3 heterocycles. The van der Waals surface area contributed by atoms with Gasteiger partial charge >= 0.3 is 0 Å². The molecule has 9 aromatic carbocycles. The van der Waals surface area contributed by atoms with Gasteiger partial charge < -0.3 is 4.42 Å². The van der Waals surface area contributed by atoms with E-state index in [1.807, 2.05) is 109 Å². The smallest absolute Gasteiger partial charge is 0.164 e. The summed E-state index contributed by atoms with van der Waals surface area (Å²) >= 11 is 1.03. The molecule has 0 spiro atoms. The third-order valence-corrected chi connectivity index (χ3v) is 11.9. The van der Waals surface area contributed by atoms with Crippen LogP contribution in [-0.4, -0.2) is 15.0 Å². The second-order valence-corrected chi connectivity index (χ2v) is 15.5. The molecule has 12 aromatic rings. The highest BCUT2D eigenvalue weighted by Gasteiger charge is 2.18. The fourth-order valence-corrected chi connectivity index (χ4v) is 9.04. The van der Waals surface area contributed by atoms with Gasteiger partial charge in [-0.05, 0) is 80.5 Å². The van der Waals surface area contributed by atoms with Gasteiger partial charge in [0.1, 0.15) is 11.2 Å². The van der Waals surface area contributed by atoms with Crippen molar-refractivity contribution in [3.63, 3.8) is 0 Å². The Labute approximate surface area is 362 Å². The molecule has 0 aliphatic heterocycles. The van der Waals surface area contributed by atoms with E-state index in [1.54, 1.807) is 18.2 Å². The van der Waals surface area contributed by atoms with E-state index in [-0.39, 0.29) is 66.7 Å². The standard InChI is InChI=1S/C55H33N3OS/c1-3-12-34(13-4-1)37-17-9-19-40(30-37)53-56-54(58-55(57-53)42-26-29-47-49(32-42)59-48-23-11-22-43(51(47)48)35-14-5-2-6-15-35)41-20-10-18-38(31-41)39-25-27-45-46-28-24-36-16-7-8-21-44(36)52(46)60-50(45)33-39/h1-33H/i7D,8D,16D,21D,24D,25D,27D,28D,33D. The molecule has 0 N–H and O–H groups in total. The minimum absolute atomic E-state index is 0.0548. The maximum atomic E-state index is 9.58. The Bertz CT molecular complexity index is 4140. The fourth-order valence-electron chi connectivity index (χ4n) is 7.92. The summed E-state index contributed by atoms with van der Waals surface area (Å²) in [6, 6.07) is 44.2. The van der Waals surface area contributed by atoms with Gasteiger partial charge in [0, 0.05) is 47.6 Å². The Hall–Kier alpha value is -7.73. The van der Waals surface area contributed by atoms with Crippen LogP contribution in [0.1, 0.15) is 12.3 Å². The largest absolute Gasteiger partial charge is 0.456 e. The topological polar surface area (TPSA) is 51.8 Å². The van der Waals surface area contributed by atoms with Crippen LogP contribution in [0.4, 0.5) is 0 Å². The molecule has 0 aliphatic carbocycles. The zero-order chi connectivity index (χ0) is 47.4. The number of fused-ring (bicyclic) bond motifs is 8. The molecule has 0 fully saturated rings. The van der Waals surface area contributed by atoms with Crippen LogP contribution < -0.4 is 0 Å². The first-order valence-corrected chi connectivity index (χ1v) is 20.2. The van der Waals surface area contributed by atoms with Crippen molar-refractivity contribution in [3.8, 4) is 67.5 Å². The Balaban J connectivity index is 1.04. The predicted octanol–water partition coefficient (Wildman–Crippen LogP) is 15.3. The lowest BCUT2D eigenvalue weighted by Crippen LogP contribution is -2.00. The van der Waals surface area contributed by atoms with Gasteiger partial charge in [0.05, 0.1) is 12.3 Å². The van der Waals surface area contributed by atoms with Crippen LogP contribution in [0.5, 0.6) is 0 Å². The summed E-state index contributed by atoms with van der Waals surface area (Å²) in [5.74, 6) is 1.14. The molecule has 0 amide bonds. The number of furan rings is 1. The number of hydrogen-bond donors (Lipinski definition) is 0. The summed E-state index contributed by atoms with van der Waals surface area (Å²) in [6.07, 6.45) is 0. The highest BCUT2D eigenvalue weighted by atomic mass is 32.1. The molecule has 0 unspecified atom stereocenters. The number of rotatable bonds is 6. The minimum Gasteiger partial charge on any atom is -0.456 e. The van der Waals surface area contributed by atoms with Gasteiger partial charge in [-0.2, -0.15) is 0 Å². The number of nitrogens with zero attached hydrogens (tertiary/aromatic N) is 3. The molecule has 0 aliphatic rings. The van der Waals surface area contributed by atoms with Crippen molar-refractivity contribution in [1.29, 1.82) is 0 Å². The quantitative estimate of drug-likeness (QED) is 0.168. The maximum absolute atomic E-state index is 9.58. The summed E-state index contributed by atoms with van der Waals surface area (Å²) in [4.78, 5) is 15.2. The molecule has 0 saturated carbocycles. The first kappa shape index (κ1) is 26.3. The van der Waals surface area contributed by atoms with Gasteiger partial charge in [-0.1, -0.05) is 164 Å². The lowest BCUT2D eigenvalue weighted by molar-refractivity contribution is 0.669. The van der Waals surface area contributed by atoms with E-state index in [4.69, 9.17) is 27.6 Å². The van der Waals surface area contributed by atoms with Gasteiger partial charge in [0.15, 0.2) is 17.5 Å². The van der Waals surface area contributed by atoms with Crippen molar-refractivity contribution in [2.24, 2.45) is 0 Å². The molecule has 5 heteroatoms. The molecule has 0 radical (unpaired) electrons. The van der Waals surface area contributed by atoms with Gasteiger partial charge in [-0.3, -0.25) is 0 Å². The molecule has 60 heavy (non-hydrogen) atoms. The predicted molar refractivity (Wildman–Crippen MR) is 250 cm³/mol. The minimum atomic E-state index is -0.512. The van der Waals surface area contributed by atoms with Crippen LogP contribution in [0.25, 0.3) is 120 Å². The van der Waals surface area contributed by atoms with Crippen molar-refractivity contribution in [2.75, 3.05) is 0 Å². The second-order valence-electron chi connectivity index (χ2n) is 14.5. The molecule has 0 bridgehead atoms. The van der Waals surface area contributed by atoms with E-state index in [9.17, 15) is 4.11 Å². The van der Waals surface area contributed by atoms with Crippen LogP contribution in [0.2, 0.25) is 0 Å². The van der Waals surface area contributed by atoms with Crippen molar-refractivity contribution < 1.29 is 16.8 Å². The van der Waals surface area contributed by atoms with Crippen molar-refractivity contribution in [2.45, 2.75) is 0 Å². The molecule has 0 saturated heterocycles. The van der Waals surface area contributed by atoms with Crippen LogP contribution >= 0.6 is 11.3 Å². The Morgan fingerprint density at radius 3 is 1.78 bits per heavy atom. The number of aromatic nitrogens is 3. The van der Waals surface area contributed by atoms with Crippen molar-refractivity contribution in [1.82, 2.24) is 15.0 Å².